The summed E-state index contributed by atoms with van der Waals surface area (Å²) in [6.45, 7) is 5.47. The van der Waals surface area contributed by atoms with Gasteiger partial charge in [0.1, 0.15) is 0 Å². The van der Waals surface area contributed by atoms with E-state index in [0.29, 0.717) is 31.6 Å². The predicted molar refractivity (Wildman–Crippen MR) is 95.9 cm³/mol. The first kappa shape index (κ1) is 22.6. The van der Waals surface area contributed by atoms with E-state index < -0.39 is 12.1 Å². The summed E-state index contributed by atoms with van der Waals surface area (Å²) in [7, 11) is 0. The number of likely N-dealkylation sites (tertiary alicyclic amines) is 1. The second-order valence-electron chi connectivity index (χ2n) is 7.68. The van der Waals surface area contributed by atoms with Crippen LogP contribution in [0.5, 0.6) is 0 Å². The third-order valence-corrected chi connectivity index (χ3v) is 5.51. The molecule has 4 heterocycles. The van der Waals surface area contributed by atoms with Crippen molar-refractivity contribution in [1.29, 1.82) is 0 Å². The number of alkyl halides is 3. The molecule has 0 aliphatic carbocycles. The molecule has 0 aromatic carbocycles. The van der Waals surface area contributed by atoms with Crippen LogP contribution < -0.4 is 0 Å². The zero-order chi connectivity index (χ0) is 21.7. The van der Waals surface area contributed by atoms with Gasteiger partial charge in [-0.2, -0.15) is 13.2 Å². The molecule has 1 aromatic rings. The van der Waals surface area contributed by atoms with Crippen molar-refractivity contribution in [2.45, 2.75) is 25.6 Å². The third kappa shape index (κ3) is 5.73. The Morgan fingerprint density at radius 2 is 1.97 bits per heavy atom. The Labute approximate surface area is 171 Å². The molecule has 0 spiro atoms. The van der Waals surface area contributed by atoms with Crippen molar-refractivity contribution in [3.05, 3.63) is 24.2 Å². The van der Waals surface area contributed by atoms with Gasteiger partial charge < -0.3 is 14.3 Å². The van der Waals surface area contributed by atoms with Gasteiger partial charge in [0.25, 0.3) is 5.91 Å². The van der Waals surface area contributed by atoms with Crippen molar-refractivity contribution < 1.29 is 41.9 Å². The number of carboxylic acids is 1. The second-order valence-corrected chi connectivity index (χ2v) is 7.68. The van der Waals surface area contributed by atoms with Crippen molar-refractivity contribution >= 4 is 11.9 Å². The van der Waals surface area contributed by atoms with Gasteiger partial charge in [0.15, 0.2) is 0 Å². The Bertz CT molecular complexity index is 706. The molecule has 3 saturated heterocycles. The fourth-order valence-corrected chi connectivity index (χ4v) is 4.07. The molecule has 30 heavy (non-hydrogen) atoms. The highest BCUT2D eigenvalue weighted by atomic mass is 19.4. The Hall–Kier alpha value is -2.11. The quantitative estimate of drug-likeness (QED) is 0.780. The lowest BCUT2D eigenvalue weighted by Crippen LogP contribution is -2.47. The van der Waals surface area contributed by atoms with E-state index in [0.717, 1.165) is 39.1 Å². The smallest absolute Gasteiger partial charge is 0.475 e. The zero-order valence-electron chi connectivity index (χ0n) is 16.3. The summed E-state index contributed by atoms with van der Waals surface area (Å²) in [6.07, 6.45) is 0.486. The van der Waals surface area contributed by atoms with E-state index in [4.69, 9.17) is 23.9 Å². The molecule has 0 unspecified atom stereocenters. The van der Waals surface area contributed by atoms with Crippen molar-refractivity contribution in [3.8, 4) is 0 Å². The Morgan fingerprint density at radius 3 is 2.57 bits per heavy atom. The minimum Gasteiger partial charge on any atom is -0.475 e. The van der Waals surface area contributed by atoms with Crippen LogP contribution in [0, 0.1) is 17.8 Å². The van der Waals surface area contributed by atoms with Gasteiger partial charge >= 0.3 is 12.1 Å². The normalized spacial score (nSPS) is 27.2. The first-order chi connectivity index (χ1) is 14.3. The highest BCUT2D eigenvalue weighted by molar-refractivity contribution is 5.78. The van der Waals surface area contributed by atoms with E-state index in [-0.39, 0.29) is 11.8 Å². The molecule has 4 rings (SSSR count). The van der Waals surface area contributed by atoms with Crippen molar-refractivity contribution in [2.24, 2.45) is 17.8 Å². The minimum absolute atomic E-state index is 0.0683. The predicted octanol–water partition coefficient (Wildman–Crippen LogP) is 2.16. The number of fused-ring (bicyclic) bond motifs is 1. The number of carboxylic acid groups (broad SMARTS) is 1. The molecule has 1 amide bonds. The van der Waals surface area contributed by atoms with Gasteiger partial charge in [-0.05, 0) is 30.7 Å². The molecular weight excluding hydrogens is 409 g/mol. The van der Waals surface area contributed by atoms with Crippen molar-refractivity contribution in [3.63, 3.8) is 0 Å². The van der Waals surface area contributed by atoms with Gasteiger partial charge in [-0.3, -0.25) is 14.5 Å². The van der Waals surface area contributed by atoms with E-state index in [2.05, 4.69) is 4.90 Å². The number of ether oxygens (including phenoxy) is 1. The van der Waals surface area contributed by atoms with Crippen molar-refractivity contribution in [2.75, 3.05) is 39.5 Å². The maximum Gasteiger partial charge on any atom is 0.490 e. The molecule has 1 aromatic heterocycles. The summed E-state index contributed by atoms with van der Waals surface area (Å²) >= 11 is 0. The molecule has 0 radical (unpaired) electrons. The standard InChI is InChI=1S/C17H24N2O4.C2HF3O2/c20-17(19-4-1-2-5-23-19)16-12-22-11-14-8-18(9-15(14)16)7-13-3-6-21-10-13;3-2(4,5)1(6)7/h3,6,10,14-16H,1-2,4-5,7-9,11-12H2;(H,6,7)/t14-,15-,16-;/m1./s1. The van der Waals surface area contributed by atoms with E-state index in [9.17, 15) is 18.0 Å². The average Bonchev–Trinajstić information content (AvgIpc) is 3.37. The third-order valence-electron chi connectivity index (χ3n) is 5.51. The molecule has 11 heteroatoms. The number of aliphatic carboxylic acids is 1. The monoisotopic (exact) mass is 434 g/mol. The lowest BCUT2D eigenvalue weighted by molar-refractivity contribution is -0.207. The Morgan fingerprint density at radius 1 is 1.20 bits per heavy atom. The van der Waals surface area contributed by atoms with Gasteiger partial charge in [-0.25, -0.2) is 9.86 Å². The number of amides is 1. The van der Waals surface area contributed by atoms with Crippen LogP contribution in [0.2, 0.25) is 0 Å². The van der Waals surface area contributed by atoms with Crippen LogP contribution in [0.4, 0.5) is 13.2 Å². The van der Waals surface area contributed by atoms with Gasteiger partial charge in [0, 0.05) is 31.7 Å². The van der Waals surface area contributed by atoms with Crippen molar-refractivity contribution in [1.82, 2.24) is 9.96 Å². The number of nitrogens with zero attached hydrogens (tertiary/aromatic N) is 2. The minimum atomic E-state index is -5.08. The molecule has 3 aliphatic heterocycles. The number of carbonyl (C=O) groups excluding carboxylic acids is 1. The van der Waals surface area contributed by atoms with E-state index in [1.807, 2.05) is 6.07 Å². The topological polar surface area (TPSA) is 92.4 Å². The molecular formula is C19H25F3N2O6. The summed E-state index contributed by atoms with van der Waals surface area (Å²) in [5.74, 6) is -1.90. The number of hydrogen-bond acceptors (Lipinski definition) is 6. The fourth-order valence-electron chi connectivity index (χ4n) is 4.07. The summed E-state index contributed by atoms with van der Waals surface area (Å²) in [4.78, 5) is 29.7. The van der Waals surface area contributed by atoms with Gasteiger partial charge in [0.2, 0.25) is 0 Å². The number of furan rings is 1. The van der Waals surface area contributed by atoms with E-state index in [1.54, 1.807) is 17.6 Å². The molecule has 1 N–H and O–H groups in total. The molecule has 3 fully saturated rings. The first-order valence-corrected chi connectivity index (χ1v) is 9.81. The van der Waals surface area contributed by atoms with Crippen LogP contribution >= 0.6 is 0 Å². The average molecular weight is 434 g/mol. The van der Waals surface area contributed by atoms with Crippen LogP contribution in [0.1, 0.15) is 18.4 Å². The molecule has 3 atom stereocenters. The van der Waals surface area contributed by atoms with Crippen LogP contribution in [0.3, 0.4) is 0 Å². The Balaban J connectivity index is 0.000000318. The lowest BCUT2D eigenvalue weighted by atomic mass is 9.82. The largest absolute Gasteiger partial charge is 0.490 e. The summed E-state index contributed by atoms with van der Waals surface area (Å²) in [5.41, 5.74) is 1.19. The molecule has 168 valence electrons. The maximum atomic E-state index is 12.8. The van der Waals surface area contributed by atoms with Crippen LogP contribution in [0.25, 0.3) is 0 Å². The number of hydrogen-bond donors (Lipinski definition) is 1. The number of carbonyl (C=O) groups is 2. The summed E-state index contributed by atoms with van der Waals surface area (Å²) in [5, 5.41) is 8.71. The lowest BCUT2D eigenvalue weighted by Gasteiger charge is -2.36. The van der Waals surface area contributed by atoms with Crippen LogP contribution in [-0.2, 0) is 25.7 Å². The van der Waals surface area contributed by atoms with E-state index >= 15 is 0 Å². The van der Waals surface area contributed by atoms with Gasteiger partial charge in [-0.15, -0.1) is 0 Å². The highest BCUT2D eigenvalue weighted by Crippen LogP contribution is 2.36. The fraction of sp³-hybridized carbons (Fsp3) is 0.684. The molecule has 3 aliphatic rings. The Kier molecular flexibility index (Phi) is 7.37. The number of halogens is 3. The molecule has 0 bridgehead atoms. The van der Waals surface area contributed by atoms with Crippen LogP contribution in [0.15, 0.2) is 23.0 Å². The number of hydroxylamine groups is 2. The highest BCUT2D eigenvalue weighted by Gasteiger charge is 2.45. The number of rotatable bonds is 3. The van der Waals surface area contributed by atoms with Crippen LogP contribution in [-0.4, -0.2) is 72.6 Å². The second kappa shape index (κ2) is 9.80. The molecule has 8 nitrogen and oxygen atoms in total. The van der Waals surface area contributed by atoms with Gasteiger partial charge in [0.05, 0.1) is 38.3 Å². The SMILES string of the molecule is O=C(O)C(F)(F)F.O=C([C@@H]1COC[C@H]2CN(Cc3ccoc3)C[C@H]21)N1CCCCO1. The van der Waals surface area contributed by atoms with E-state index in [1.165, 1.54) is 5.56 Å². The first-order valence-electron chi connectivity index (χ1n) is 9.81. The molecule has 0 saturated carbocycles. The van der Waals surface area contributed by atoms with Gasteiger partial charge in [-0.1, -0.05) is 0 Å². The summed E-state index contributed by atoms with van der Waals surface area (Å²) < 4.78 is 42.6. The maximum absolute atomic E-state index is 12.8. The summed E-state index contributed by atoms with van der Waals surface area (Å²) in [6, 6.07) is 2.00. The zero-order valence-corrected chi connectivity index (χ0v) is 16.3.